The summed E-state index contributed by atoms with van der Waals surface area (Å²) >= 11 is 0. The molecule has 4 heteroatoms. The lowest BCUT2D eigenvalue weighted by Gasteiger charge is -2.38. The molecule has 0 unspecified atom stereocenters. The second-order valence-corrected chi connectivity index (χ2v) is 9.91. The van der Waals surface area contributed by atoms with Crippen molar-refractivity contribution < 1.29 is 18.3 Å². The second-order valence-electron chi connectivity index (χ2n) is 9.91. The predicted octanol–water partition coefficient (Wildman–Crippen LogP) is 8.33. The molecule has 2 fully saturated rings. The van der Waals surface area contributed by atoms with E-state index in [-0.39, 0.29) is 11.5 Å². The van der Waals surface area contributed by atoms with E-state index in [9.17, 15) is 8.78 Å². The van der Waals surface area contributed by atoms with E-state index < -0.39 is 11.6 Å². The van der Waals surface area contributed by atoms with Gasteiger partial charge >= 0.3 is 0 Å². The molecule has 2 nitrogen and oxygen atoms in total. The first-order valence-corrected chi connectivity index (χ1v) is 12.9. The fourth-order valence-electron chi connectivity index (χ4n) is 5.54. The molecule has 0 radical (unpaired) electrons. The Hall–Kier alpha value is -1.32. The van der Waals surface area contributed by atoms with Crippen molar-refractivity contribution >= 4 is 0 Å². The first kappa shape index (κ1) is 24.3. The molecule has 3 rings (SSSR count). The van der Waals surface area contributed by atoms with Crippen LogP contribution in [-0.4, -0.2) is 13.2 Å². The molecule has 0 saturated heterocycles. The Balaban J connectivity index is 1.39. The summed E-state index contributed by atoms with van der Waals surface area (Å²) in [4.78, 5) is 0. The second kappa shape index (κ2) is 12.6. The van der Waals surface area contributed by atoms with Gasteiger partial charge in [-0.05, 0) is 80.8 Å². The van der Waals surface area contributed by atoms with Crippen LogP contribution in [0.1, 0.15) is 97.3 Å². The van der Waals surface area contributed by atoms with Gasteiger partial charge in [0.2, 0.25) is 11.6 Å². The molecule has 176 valence electrons. The molecule has 0 amide bonds. The van der Waals surface area contributed by atoms with Gasteiger partial charge in [-0.15, -0.1) is 0 Å². The van der Waals surface area contributed by atoms with Gasteiger partial charge in [-0.3, -0.25) is 0 Å². The molecule has 0 N–H and O–H groups in total. The fraction of sp³-hybridized carbons (Fsp3) is 0.778. The minimum absolute atomic E-state index is 0.00728. The van der Waals surface area contributed by atoms with Gasteiger partial charge in [0.15, 0.2) is 11.5 Å². The SMILES string of the molecule is CCCCOc1ccc(OCC2CCC(C3CCC(CCCC)CC3)CC2)c(F)c1F. The zero-order valence-electron chi connectivity index (χ0n) is 19.6. The first-order chi connectivity index (χ1) is 15.1. The monoisotopic (exact) mass is 436 g/mol. The van der Waals surface area contributed by atoms with Gasteiger partial charge in [0.1, 0.15) is 0 Å². The van der Waals surface area contributed by atoms with Crippen LogP contribution in [-0.2, 0) is 0 Å². The van der Waals surface area contributed by atoms with Crippen LogP contribution in [0.5, 0.6) is 11.5 Å². The van der Waals surface area contributed by atoms with E-state index in [4.69, 9.17) is 9.47 Å². The number of halogens is 2. The zero-order valence-corrected chi connectivity index (χ0v) is 19.6. The van der Waals surface area contributed by atoms with Gasteiger partial charge in [0.05, 0.1) is 13.2 Å². The maximum absolute atomic E-state index is 14.4. The molecule has 0 spiro atoms. The van der Waals surface area contributed by atoms with E-state index in [0.29, 0.717) is 19.1 Å². The van der Waals surface area contributed by atoms with Crippen LogP contribution in [0.4, 0.5) is 8.78 Å². The topological polar surface area (TPSA) is 18.5 Å². The van der Waals surface area contributed by atoms with Gasteiger partial charge in [0.25, 0.3) is 0 Å². The van der Waals surface area contributed by atoms with Crippen LogP contribution in [0, 0.1) is 35.3 Å². The molecule has 0 aliphatic heterocycles. The summed E-state index contributed by atoms with van der Waals surface area (Å²) in [6, 6.07) is 2.99. The van der Waals surface area contributed by atoms with Crippen molar-refractivity contribution in [3.8, 4) is 11.5 Å². The molecular formula is C27H42F2O2. The molecule has 0 bridgehead atoms. The van der Waals surface area contributed by atoms with Crippen molar-refractivity contribution in [3.05, 3.63) is 23.8 Å². The largest absolute Gasteiger partial charge is 0.490 e. The van der Waals surface area contributed by atoms with Gasteiger partial charge < -0.3 is 9.47 Å². The lowest BCUT2D eigenvalue weighted by atomic mass is 9.69. The van der Waals surface area contributed by atoms with E-state index in [0.717, 1.165) is 43.4 Å². The Kier molecular flexibility index (Phi) is 9.93. The van der Waals surface area contributed by atoms with E-state index >= 15 is 0 Å². The molecular weight excluding hydrogens is 394 g/mol. The van der Waals surface area contributed by atoms with Gasteiger partial charge in [-0.25, -0.2) is 0 Å². The molecule has 2 saturated carbocycles. The Morgan fingerprint density at radius 3 is 1.77 bits per heavy atom. The van der Waals surface area contributed by atoms with Crippen LogP contribution < -0.4 is 9.47 Å². The first-order valence-electron chi connectivity index (χ1n) is 12.9. The average molecular weight is 437 g/mol. The van der Waals surface area contributed by atoms with Crippen molar-refractivity contribution in [3.63, 3.8) is 0 Å². The Morgan fingerprint density at radius 2 is 1.23 bits per heavy atom. The lowest BCUT2D eigenvalue weighted by molar-refractivity contribution is 0.120. The summed E-state index contributed by atoms with van der Waals surface area (Å²) in [6.07, 6.45) is 16.4. The third kappa shape index (κ3) is 7.08. The smallest absolute Gasteiger partial charge is 0.204 e. The number of hydrogen-bond acceptors (Lipinski definition) is 2. The third-order valence-electron chi connectivity index (χ3n) is 7.66. The molecule has 0 aromatic heterocycles. The Morgan fingerprint density at radius 1 is 0.710 bits per heavy atom. The van der Waals surface area contributed by atoms with Crippen LogP contribution >= 0.6 is 0 Å². The highest BCUT2D eigenvalue weighted by molar-refractivity contribution is 5.35. The summed E-state index contributed by atoms with van der Waals surface area (Å²) in [7, 11) is 0. The highest BCUT2D eigenvalue weighted by Crippen LogP contribution is 2.42. The molecule has 2 aliphatic carbocycles. The summed E-state index contributed by atoms with van der Waals surface area (Å²) < 4.78 is 39.6. The van der Waals surface area contributed by atoms with E-state index in [1.54, 1.807) is 0 Å². The van der Waals surface area contributed by atoms with Gasteiger partial charge in [0, 0.05) is 0 Å². The maximum Gasteiger partial charge on any atom is 0.204 e. The summed E-state index contributed by atoms with van der Waals surface area (Å²) in [5.41, 5.74) is 0. The van der Waals surface area contributed by atoms with Crippen molar-refractivity contribution in [1.82, 2.24) is 0 Å². The van der Waals surface area contributed by atoms with Crippen LogP contribution in [0.25, 0.3) is 0 Å². The van der Waals surface area contributed by atoms with Crippen LogP contribution in [0.15, 0.2) is 12.1 Å². The molecule has 2 aliphatic rings. The van der Waals surface area contributed by atoms with Crippen LogP contribution in [0.2, 0.25) is 0 Å². The zero-order chi connectivity index (χ0) is 22.1. The van der Waals surface area contributed by atoms with Crippen molar-refractivity contribution in [2.45, 2.75) is 97.3 Å². The Labute approximate surface area is 188 Å². The van der Waals surface area contributed by atoms with Crippen molar-refractivity contribution in [1.29, 1.82) is 0 Å². The molecule has 1 aromatic carbocycles. The summed E-state index contributed by atoms with van der Waals surface area (Å²) in [6.45, 7) is 5.19. The van der Waals surface area contributed by atoms with Gasteiger partial charge in [-0.2, -0.15) is 8.78 Å². The maximum atomic E-state index is 14.4. The normalized spacial score (nSPS) is 26.6. The molecule has 1 aromatic rings. The van der Waals surface area contributed by atoms with E-state index in [1.807, 2.05) is 6.92 Å². The number of ether oxygens (including phenoxy) is 2. The molecule has 0 atom stereocenters. The van der Waals surface area contributed by atoms with Crippen LogP contribution in [0.3, 0.4) is 0 Å². The predicted molar refractivity (Wildman–Crippen MR) is 123 cm³/mol. The standard InChI is InChI=1S/C27H42F2O2/c1-3-5-7-20-8-12-22(13-9-20)23-14-10-21(11-15-23)19-31-25-17-16-24(26(28)27(25)29)30-18-6-4-2/h16-17,20-23H,3-15,18-19H2,1-2H3. The quantitative estimate of drug-likeness (QED) is 0.325. The minimum atomic E-state index is -0.938. The van der Waals surface area contributed by atoms with E-state index in [2.05, 4.69) is 6.92 Å². The number of hydrogen-bond donors (Lipinski definition) is 0. The summed E-state index contributed by atoms with van der Waals surface area (Å²) in [5.74, 6) is 1.30. The third-order valence-corrected chi connectivity index (χ3v) is 7.66. The Bertz CT molecular complexity index is 647. The highest BCUT2D eigenvalue weighted by atomic mass is 19.2. The number of unbranched alkanes of at least 4 members (excludes halogenated alkanes) is 2. The average Bonchev–Trinajstić information content (AvgIpc) is 2.81. The minimum Gasteiger partial charge on any atom is -0.490 e. The molecule has 0 heterocycles. The highest BCUT2D eigenvalue weighted by Gasteiger charge is 2.31. The van der Waals surface area contributed by atoms with E-state index in [1.165, 1.54) is 69.9 Å². The number of benzene rings is 1. The number of rotatable bonds is 11. The summed E-state index contributed by atoms with van der Waals surface area (Å²) in [5, 5.41) is 0. The van der Waals surface area contributed by atoms with Gasteiger partial charge in [-0.1, -0.05) is 52.4 Å². The van der Waals surface area contributed by atoms with Crippen molar-refractivity contribution in [2.24, 2.45) is 23.7 Å². The fourth-order valence-corrected chi connectivity index (χ4v) is 5.54. The lowest BCUT2D eigenvalue weighted by Crippen LogP contribution is -2.27. The molecule has 31 heavy (non-hydrogen) atoms. The van der Waals surface area contributed by atoms with Crippen molar-refractivity contribution in [2.75, 3.05) is 13.2 Å².